The summed E-state index contributed by atoms with van der Waals surface area (Å²) in [6, 6.07) is 9.04. The van der Waals surface area contributed by atoms with Crippen LogP contribution in [-0.2, 0) is 10.4 Å². The molecule has 2 aromatic carbocycles. The summed E-state index contributed by atoms with van der Waals surface area (Å²) >= 11 is 0. The Balaban J connectivity index is 0.000000632. The number of phenolic OH excluding ortho intramolecular Hbond substituents is 2. The second-order valence-electron chi connectivity index (χ2n) is 10.6. The topological polar surface area (TPSA) is 214 Å². The molecule has 0 amide bonds. The fourth-order valence-corrected chi connectivity index (χ4v) is 2.79. The summed E-state index contributed by atoms with van der Waals surface area (Å²) in [7, 11) is -4.67. The van der Waals surface area contributed by atoms with Crippen LogP contribution < -0.4 is 10.6 Å². The first-order valence-corrected chi connectivity index (χ1v) is 13.2. The van der Waals surface area contributed by atoms with Crippen molar-refractivity contribution in [3.8, 4) is 11.5 Å². The van der Waals surface area contributed by atoms with E-state index in [-0.39, 0.29) is 33.7 Å². The normalized spacial score (nSPS) is 13.2. The second-order valence-corrected chi connectivity index (χ2v) is 11.5. The van der Waals surface area contributed by atoms with Crippen LogP contribution in [0, 0.1) is 0 Å². The average Bonchev–Trinajstić information content (AvgIpc) is 2.80. The highest BCUT2D eigenvalue weighted by molar-refractivity contribution is 7.79. The zero-order chi connectivity index (χ0) is 30.6. The van der Waals surface area contributed by atoms with Crippen LogP contribution in [0.5, 0.6) is 11.5 Å². The lowest BCUT2D eigenvalue weighted by Crippen LogP contribution is -2.38. The van der Waals surface area contributed by atoms with Gasteiger partial charge in [0.15, 0.2) is 12.6 Å². The number of phenols is 2. The number of carbonyl (C=O) groups is 2. The second kappa shape index (κ2) is 15.6. The van der Waals surface area contributed by atoms with Crippen LogP contribution in [0.3, 0.4) is 0 Å². The van der Waals surface area contributed by atoms with Crippen molar-refractivity contribution >= 4 is 23.0 Å². The Morgan fingerprint density at radius 1 is 0.718 bits per heavy atom. The van der Waals surface area contributed by atoms with Gasteiger partial charge in [-0.1, -0.05) is 12.1 Å². The molecule has 0 bridgehead atoms. The van der Waals surface area contributed by atoms with Crippen molar-refractivity contribution in [2.45, 2.75) is 64.8 Å². The number of carbonyl (C=O) groups excluding carboxylic acids is 2. The smallest absolute Gasteiger partial charge is 0.394 e. The summed E-state index contributed by atoms with van der Waals surface area (Å²) in [4.78, 5) is 21.3. The van der Waals surface area contributed by atoms with Crippen molar-refractivity contribution in [1.82, 2.24) is 10.6 Å². The van der Waals surface area contributed by atoms with Crippen LogP contribution in [0.15, 0.2) is 36.4 Å². The zero-order valence-electron chi connectivity index (χ0n) is 22.9. The van der Waals surface area contributed by atoms with Crippen LogP contribution in [0.2, 0.25) is 0 Å². The highest BCUT2D eigenvalue weighted by Gasteiger charge is 2.16. The molecule has 220 valence electrons. The Morgan fingerprint density at radius 3 is 1.23 bits per heavy atom. The summed E-state index contributed by atoms with van der Waals surface area (Å²) in [6.07, 6.45) is -0.257. The number of benzene rings is 2. The maximum absolute atomic E-state index is 10.7. The molecule has 2 unspecified atom stereocenters. The van der Waals surface area contributed by atoms with Crippen molar-refractivity contribution in [2.75, 3.05) is 13.1 Å². The van der Waals surface area contributed by atoms with E-state index in [0.29, 0.717) is 36.8 Å². The van der Waals surface area contributed by atoms with Crippen LogP contribution in [0.1, 0.15) is 85.6 Å². The van der Waals surface area contributed by atoms with E-state index in [0.717, 1.165) is 0 Å². The Morgan fingerprint density at radius 2 is 1.00 bits per heavy atom. The first kappa shape index (κ1) is 36.1. The summed E-state index contributed by atoms with van der Waals surface area (Å²) in [5.74, 6) is -0.139. The molecule has 2 rings (SSSR count). The molecule has 12 nitrogen and oxygen atoms in total. The van der Waals surface area contributed by atoms with E-state index >= 15 is 0 Å². The van der Waals surface area contributed by atoms with Gasteiger partial charge in [-0.25, -0.2) is 0 Å². The number of aliphatic hydroxyl groups is 2. The van der Waals surface area contributed by atoms with Gasteiger partial charge in [-0.15, -0.1) is 0 Å². The van der Waals surface area contributed by atoms with E-state index in [1.54, 1.807) is 12.1 Å². The molecule has 0 aliphatic carbocycles. The fourth-order valence-electron chi connectivity index (χ4n) is 2.79. The number of aldehydes is 2. The lowest BCUT2D eigenvalue weighted by Gasteiger charge is -2.23. The van der Waals surface area contributed by atoms with Crippen LogP contribution >= 0.6 is 0 Å². The third-order valence-corrected chi connectivity index (χ3v) is 4.78. The highest BCUT2D eigenvalue weighted by Crippen LogP contribution is 2.22. The number of hydrogen-bond acceptors (Lipinski definition) is 10. The van der Waals surface area contributed by atoms with Gasteiger partial charge in [0.25, 0.3) is 0 Å². The minimum atomic E-state index is -4.67. The van der Waals surface area contributed by atoms with Crippen LogP contribution in [-0.4, -0.2) is 74.7 Å². The molecule has 13 heteroatoms. The van der Waals surface area contributed by atoms with E-state index in [4.69, 9.17) is 17.5 Å². The Kier molecular flexibility index (Phi) is 14.5. The summed E-state index contributed by atoms with van der Waals surface area (Å²) < 4.78 is 31.6. The van der Waals surface area contributed by atoms with E-state index in [2.05, 4.69) is 10.6 Å². The van der Waals surface area contributed by atoms with Gasteiger partial charge in [0.1, 0.15) is 11.5 Å². The van der Waals surface area contributed by atoms with E-state index in [9.17, 15) is 30.0 Å². The molecular weight excluding hydrogens is 532 g/mol. The summed E-state index contributed by atoms with van der Waals surface area (Å²) in [5.41, 5.74) is 1.45. The van der Waals surface area contributed by atoms with Gasteiger partial charge < -0.3 is 31.1 Å². The monoisotopic (exact) mass is 572 g/mol. The largest absolute Gasteiger partial charge is 0.507 e. The maximum atomic E-state index is 10.7. The standard InChI is InChI=1S/2C13H19NO3.H2O4S/c2*1-13(2,3)14-7-12(17)9-4-5-11(16)10(6-9)8-15;1-5(2,3)4/h2*4-6,8,12,14,16-17H,7H2,1-3H3;(H2,1,2,3,4). The van der Waals surface area contributed by atoms with Gasteiger partial charge in [0.2, 0.25) is 0 Å². The molecule has 2 aromatic rings. The number of aromatic hydroxyl groups is 2. The average molecular weight is 573 g/mol. The van der Waals surface area contributed by atoms with Crippen molar-refractivity contribution < 1.29 is 47.5 Å². The molecule has 0 saturated heterocycles. The van der Waals surface area contributed by atoms with E-state index < -0.39 is 22.6 Å². The van der Waals surface area contributed by atoms with Crippen LogP contribution in [0.4, 0.5) is 0 Å². The molecule has 0 aromatic heterocycles. The molecule has 0 heterocycles. The number of hydrogen-bond donors (Lipinski definition) is 8. The predicted octanol–water partition coefficient (Wildman–Crippen LogP) is 2.60. The molecule has 2 atom stereocenters. The molecule has 0 saturated carbocycles. The number of rotatable bonds is 8. The Hall–Kier alpha value is -2.91. The van der Waals surface area contributed by atoms with Crippen molar-refractivity contribution in [3.63, 3.8) is 0 Å². The van der Waals surface area contributed by atoms with Crippen LogP contribution in [0.25, 0.3) is 0 Å². The van der Waals surface area contributed by atoms with E-state index in [1.807, 2.05) is 41.5 Å². The first-order valence-electron chi connectivity index (χ1n) is 11.8. The minimum Gasteiger partial charge on any atom is -0.507 e. The lowest BCUT2D eigenvalue weighted by atomic mass is 10.0. The third-order valence-electron chi connectivity index (χ3n) is 4.78. The van der Waals surface area contributed by atoms with Gasteiger partial charge >= 0.3 is 10.4 Å². The lowest BCUT2D eigenvalue weighted by molar-refractivity contribution is 0.111. The molecule has 0 aliphatic rings. The number of aliphatic hydroxyl groups excluding tert-OH is 2. The molecule has 8 N–H and O–H groups in total. The van der Waals surface area contributed by atoms with Crippen molar-refractivity contribution in [2.24, 2.45) is 0 Å². The van der Waals surface area contributed by atoms with Gasteiger partial charge in [-0.05, 0) is 76.9 Å². The molecule has 39 heavy (non-hydrogen) atoms. The molecular formula is C26H40N2O10S. The van der Waals surface area contributed by atoms with Crippen molar-refractivity contribution in [3.05, 3.63) is 58.7 Å². The Bertz CT molecular complexity index is 1090. The highest BCUT2D eigenvalue weighted by atomic mass is 32.3. The predicted molar refractivity (Wildman–Crippen MR) is 147 cm³/mol. The number of nitrogens with one attached hydrogen (secondary N) is 2. The zero-order valence-corrected chi connectivity index (χ0v) is 23.7. The van der Waals surface area contributed by atoms with Gasteiger partial charge in [0, 0.05) is 24.2 Å². The first-order chi connectivity index (χ1) is 17.7. The molecule has 0 radical (unpaired) electrons. The maximum Gasteiger partial charge on any atom is 0.394 e. The fraction of sp³-hybridized carbons (Fsp3) is 0.462. The minimum absolute atomic E-state index is 0.0697. The molecule has 0 fully saturated rings. The third kappa shape index (κ3) is 17.3. The SMILES string of the molecule is CC(C)(C)NCC(O)c1ccc(O)c(C=O)c1.CC(C)(C)NCC(O)c1ccc(O)c(C=O)c1.O=S(=O)(O)O. The molecule has 0 aliphatic heterocycles. The quantitative estimate of drug-likeness (QED) is 0.169. The van der Waals surface area contributed by atoms with E-state index in [1.165, 1.54) is 24.3 Å². The van der Waals surface area contributed by atoms with Crippen molar-refractivity contribution in [1.29, 1.82) is 0 Å². The number of β-amino-alcohol motifs (C(OH)–C–C–N with tert-alkyl or cyclic N) is 2. The Labute approximate surface area is 229 Å². The summed E-state index contributed by atoms with van der Waals surface area (Å²) in [5, 5.41) is 44.9. The summed E-state index contributed by atoms with van der Waals surface area (Å²) in [6.45, 7) is 12.8. The van der Waals surface area contributed by atoms with Gasteiger partial charge in [-0.2, -0.15) is 8.42 Å². The molecule has 0 spiro atoms. The van der Waals surface area contributed by atoms with Gasteiger partial charge in [-0.3, -0.25) is 18.7 Å². The van der Waals surface area contributed by atoms with Gasteiger partial charge in [0.05, 0.1) is 23.3 Å².